The number of ether oxygens (including phenoxy) is 1. The minimum absolute atomic E-state index is 0. The van der Waals surface area contributed by atoms with Crippen LogP contribution in [0.4, 0.5) is 0 Å². The van der Waals surface area contributed by atoms with E-state index in [2.05, 4.69) is 55.7 Å². The maximum Gasteiger partial charge on any atom is 0.119 e. The van der Waals surface area contributed by atoms with Crippen LogP contribution in [0.5, 0.6) is 5.75 Å². The number of nitrogens with one attached hydrogen (secondary N) is 2. The summed E-state index contributed by atoms with van der Waals surface area (Å²) in [7, 11) is 0. The van der Waals surface area contributed by atoms with Crippen molar-refractivity contribution in [1.82, 2.24) is 10.6 Å². The van der Waals surface area contributed by atoms with Gasteiger partial charge >= 0.3 is 0 Å². The van der Waals surface area contributed by atoms with Crippen molar-refractivity contribution in [2.75, 3.05) is 26.2 Å². The molecule has 0 aliphatic carbocycles. The number of hydrogen-bond acceptors (Lipinski definition) is 3. The van der Waals surface area contributed by atoms with Gasteiger partial charge in [0.2, 0.25) is 0 Å². The van der Waals surface area contributed by atoms with Crippen LogP contribution in [0.3, 0.4) is 0 Å². The van der Waals surface area contributed by atoms with Crippen LogP contribution < -0.4 is 15.4 Å². The fourth-order valence-electron chi connectivity index (χ4n) is 2.29. The molecule has 0 bridgehead atoms. The topological polar surface area (TPSA) is 33.3 Å². The minimum atomic E-state index is 0. The van der Waals surface area contributed by atoms with Gasteiger partial charge in [-0.25, -0.2) is 0 Å². The molecule has 0 saturated carbocycles. The van der Waals surface area contributed by atoms with Crippen LogP contribution in [0.15, 0.2) is 24.3 Å². The predicted molar refractivity (Wildman–Crippen MR) is 94.4 cm³/mol. The van der Waals surface area contributed by atoms with Gasteiger partial charge in [-0.15, -0.1) is 24.8 Å². The first-order valence-corrected chi connectivity index (χ1v) is 7.23. The van der Waals surface area contributed by atoms with Crippen molar-refractivity contribution in [2.45, 2.75) is 38.6 Å². The molecule has 1 heterocycles. The molecular formula is C16H28Cl2N2O. The third-order valence-electron chi connectivity index (χ3n) is 3.58. The van der Waals surface area contributed by atoms with E-state index in [0.29, 0.717) is 6.04 Å². The van der Waals surface area contributed by atoms with Gasteiger partial charge in [-0.1, -0.05) is 32.9 Å². The second kappa shape index (κ2) is 9.52. The maximum absolute atomic E-state index is 5.81. The third-order valence-corrected chi connectivity index (χ3v) is 3.58. The van der Waals surface area contributed by atoms with Crippen LogP contribution in [-0.4, -0.2) is 32.3 Å². The lowest BCUT2D eigenvalue weighted by molar-refractivity contribution is 0.273. The summed E-state index contributed by atoms with van der Waals surface area (Å²) in [6.07, 6.45) is 1.05. The minimum Gasteiger partial charge on any atom is -0.494 e. The number of hydrogen-bond donors (Lipinski definition) is 2. The van der Waals surface area contributed by atoms with Crippen molar-refractivity contribution in [2.24, 2.45) is 0 Å². The Morgan fingerprint density at radius 3 is 2.29 bits per heavy atom. The Morgan fingerprint density at radius 1 is 1.10 bits per heavy atom. The van der Waals surface area contributed by atoms with Crippen molar-refractivity contribution in [3.8, 4) is 5.75 Å². The number of piperazine rings is 1. The van der Waals surface area contributed by atoms with E-state index < -0.39 is 0 Å². The molecule has 3 nitrogen and oxygen atoms in total. The lowest BCUT2D eigenvalue weighted by atomic mass is 9.87. The molecule has 2 N–H and O–H groups in total. The first-order valence-electron chi connectivity index (χ1n) is 7.23. The first kappa shape index (κ1) is 20.5. The Kier molecular flexibility index (Phi) is 9.30. The molecule has 2 rings (SSSR count). The molecule has 1 unspecified atom stereocenters. The van der Waals surface area contributed by atoms with E-state index in [0.717, 1.165) is 38.4 Å². The quantitative estimate of drug-likeness (QED) is 0.887. The monoisotopic (exact) mass is 334 g/mol. The van der Waals surface area contributed by atoms with E-state index in [4.69, 9.17) is 4.74 Å². The highest BCUT2D eigenvalue weighted by molar-refractivity contribution is 5.85. The normalized spacial score (nSPS) is 18.3. The largest absolute Gasteiger partial charge is 0.494 e. The second-order valence-corrected chi connectivity index (χ2v) is 6.27. The van der Waals surface area contributed by atoms with E-state index in [1.54, 1.807) is 0 Å². The Morgan fingerprint density at radius 2 is 1.76 bits per heavy atom. The van der Waals surface area contributed by atoms with E-state index in [1.807, 2.05) is 0 Å². The molecule has 1 saturated heterocycles. The molecule has 122 valence electrons. The summed E-state index contributed by atoms with van der Waals surface area (Å²) >= 11 is 0. The molecule has 1 atom stereocenters. The number of rotatable bonds is 4. The van der Waals surface area contributed by atoms with Crippen LogP contribution in [-0.2, 0) is 5.41 Å². The Balaban J connectivity index is 0.00000200. The third kappa shape index (κ3) is 6.88. The van der Waals surface area contributed by atoms with Gasteiger partial charge in [0.25, 0.3) is 0 Å². The zero-order valence-electron chi connectivity index (χ0n) is 13.1. The zero-order chi connectivity index (χ0) is 13.7. The first-order chi connectivity index (χ1) is 9.05. The second-order valence-electron chi connectivity index (χ2n) is 6.27. The predicted octanol–water partition coefficient (Wildman–Crippen LogP) is 3.16. The zero-order valence-corrected chi connectivity index (χ0v) is 14.8. The average molecular weight is 335 g/mol. The highest BCUT2D eigenvalue weighted by atomic mass is 35.5. The van der Waals surface area contributed by atoms with Crippen LogP contribution in [0, 0.1) is 0 Å². The number of halogens is 2. The standard InChI is InChI=1S/C16H26N2O.2ClH/c1-16(2,3)13-4-6-15(7-5-13)19-11-8-14-12-17-9-10-18-14;;/h4-7,14,17-18H,8-12H2,1-3H3;2*1H. The lowest BCUT2D eigenvalue weighted by Crippen LogP contribution is -2.48. The summed E-state index contributed by atoms with van der Waals surface area (Å²) in [6, 6.07) is 9.02. The summed E-state index contributed by atoms with van der Waals surface area (Å²) < 4.78 is 5.81. The van der Waals surface area contributed by atoms with Gasteiger partial charge in [0.1, 0.15) is 5.75 Å². The van der Waals surface area contributed by atoms with Crippen LogP contribution in [0.1, 0.15) is 32.8 Å². The Hall–Kier alpha value is -0.480. The summed E-state index contributed by atoms with van der Waals surface area (Å²) in [5.74, 6) is 0.969. The van der Waals surface area contributed by atoms with Gasteiger partial charge in [0.15, 0.2) is 0 Å². The number of benzene rings is 1. The molecule has 1 aliphatic rings. The van der Waals surface area contributed by atoms with Crippen molar-refractivity contribution in [3.05, 3.63) is 29.8 Å². The Bertz CT molecular complexity index is 384. The summed E-state index contributed by atoms with van der Waals surface area (Å²) in [5.41, 5.74) is 1.55. The molecular weight excluding hydrogens is 307 g/mol. The molecule has 1 fully saturated rings. The van der Waals surface area contributed by atoms with Gasteiger partial charge in [-0.3, -0.25) is 0 Å². The van der Waals surface area contributed by atoms with Gasteiger partial charge in [-0.05, 0) is 29.5 Å². The molecule has 0 spiro atoms. The van der Waals surface area contributed by atoms with E-state index in [9.17, 15) is 0 Å². The fraction of sp³-hybridized carbons (Fsp3) is 0.625. The van der Waals surface area contributed by atoms with Gasteiger partial charge in [0.05, 0.1) is 6.61 Å². The van der Waals surface area contributed by atoms with Crippen LogP contribution in [0.2, 0.25) is 0 Å². The van der Waals surface area contributed by atoms with Gasteiger partial charge in [0, 0.05) is 25.7 Å². The van der Waals surface area contributed by atoms with Crippen molar-refractivity contribution in [1.29, 1.82) is 0 Å². The Labute approximate surface area is 141 Å². The van der Waals surface area contributed by atoms with Gasteiger partial charge < -0.3 is 15.4 Å². The van der Waals surface area contributed by atoms with Crippen molar-refractivity contribution < 1.29 is 4.74 Å². The highest BCUT2D eigenvalue weighted by Gasteiger charge is 2.14. The van der Waals surface area contributed by atoms with Crippen molar-refractivity contribution >= 4 is 24.8 Å². The fourth-order valence-corrected chi connectivity index (χ4v) is 2.29. The van der Waals surface area contributed by atoms with Crippen LogP contribution >= 0.6 is 24.8 Å². The van der Waals surface area contributed by atoms with Gasteiger partial charge in [-0.2, -0.15) is 0 Å². The van der Waals surface area contributed by atoms with E-state index >= 15 is 0 Å². The molecule has 1 aliphatic heterocycles. The summed E-state index contributed by atoms with van der Waals surface area (Å²) in [4.78, 5) is 0. The van der Waals surface area contributed by atoms with E-state index in [-0.39, 0.29) is 30.2 Å². The summed E-state index contributed by atoms with van der Waals surface area (Å²) in [5, 5.41) is 6.88. The maximum atomic E-state index is 5.81. The molecule has 0 radical (unpaired) electrons. The molecule has 0 aromatic heterocycles. The van der Waals surface area contributed by atoms with E-state index in [1.165, 1.54) is 5.56 Å². The average Bonchev–Trinajstić information content (AvgIpc) is 2.39. The van der Waals surface area contributed by atoms with Crippen molar-refractivity contribution in [3.63, 3.8) is 0 Å². The smallest absolute Gasteiger partial charge is 0.119 e. The molecule has 1 aromatic carbocycles. The molecule has 5 heteroatoms. The lowest BCUT2D eigenvalue weighted by Gasteiger charge is -2.24. The summed E-state index contributed by atoms with van der Waals surface area (Å²) in [6.45, 7) is 10.6. The molecule has 0 amide bonds. The van der Waals surface area contributed by atoms with Crippen LogP contribution in [0.25, 0.3) is 0 Å². The SMILES string of the molecule is CC(C)(C)c1ccc(OCCC2CNCCN2)cc1.Cl.Cl. The molecule has 1 aromatic rings. The molecule has 21 heavy (non-hydrogen) atoms. The highest BCUT2D eigenvalue weighted by Crippen LogP contribution is 2.24.